The molecule has 22 heavy (non-hydrogen) atoms. The van der Waals surface area contributed by atoms with Gasteiger partial charge in [-0.25, -0.2) is 4.79 Å². The summed E-state index contributed by atoms with van der Waals surface area (Å²) in [4.78, 5) is 11.3. The normalized spacial score (nSPS) is 12.2. The van der Waals surface area contributed by atoms with Crippen LogP contribution in [0, 0.1) is 5.92 Å². The molecule has 2 aromatic rings. The van der Waals surface area contributed by atoms with Gasteiger partial charge in [-0.05, 0) is 36.6 Å². The fraction of sp³-hybridized carbons (Fsp3) is 0.400. The quantitative estimate of drug-likeness (QED) is 0.815. The molecule has 0 saturated carbocycles. The molecule has 0 aliphatic heterocycles. The second kappa shape index (κ2) is 7.22. The number of hydrogen-bond donors (Lipinski definition) is 2. The predicted molar refractivity (Wildman–Crippen MR) is 86.4 cm³/mol. The Kier molecular flexibility index (Phi) is 5.32. The Bertz CT molecular complexity index is 625. The lowest BCUT2D eigenvalue weighted by atomic mass is 10.0. The maximum absolute atomic E-state index is 11.3. The molecule has 0 radical (unpaired) electrons. The van der Waals surface area contributed by atoms with Gasteiger partial charge in [0.1, 0.15) is 16.8 Å². The highest BCUT2D eigenvalue weighted by Gasteiger charge is 2.20. The zero-order valence-electron chi connectivity index (χ0n) is 12.7. The number of hydrogen-bond acceptors (Lipinski definition) is 6. The molecular weight excluding hydrogens is 302 g/mol. The van der Waals surface area contributed by atoms with Crippen molar-refractivity contribution in [3.8, 4) is 16.3 Å². The van der Waals surface area contributed by atoms with Gasteiger partial charge in [-0.2, -0.15) is 0 Å². The van der Waals surface area contributed by atoms with Crippen LogP contribution in [0.3, 0.4) is 0 Å². The van der Waals surface area contributed by atoms with Gasteiger partial charge < -0.3 is 15.2 Å². The number of benzene rings is 1. The summed E-state index contributed by atoms with van der Waals surface area (Å²) in [6.07, 6.45) is 0.535. The highest BCUT2D eigenvalue weighted by Crippen LogP contribution is 2.28. The molecule has 0 saturated heterocycles. The molecule has 0 unspecified atom stereocenters. The highest BCUT2D eigenvalue weighted by atomic mass is 32.1. The largest absolute Gasteiger partial charge is 0.497 e. The second-order valence-electron chi connectivity index (χ2n) is 5.31. The zero-order valence-corrected chi connectivity index (χ0v) is 13.6. The number of ether oxygens (including phenoxy) is 1. The molecule has 118 valence electrons. The number of nitrogens with one attached hydrogen (secondary N) is 1. The van der Waals surface area contributed by atoms with E-state index in [2.05, 4.69) is 15.5 Å². The van der Waals surface area contributed by atoms with Crippen molar-refractivity contribution in [1.29, 1.82) is 0 Å². The van der Waals surface area contributed by atoms with Gasteiger partial charge in [-0.3, -0.25) is 0 Å². The first kappa shape index (κ1) is 16.2. The lowest BCUT2D eigenvalue weighted by molar-refractivity contribution is -0.138. The number of carboxylic acid groups (broad SMARTS) is 1. The van der Waals surface area contributed by atoms with Crippen LogP contribution in [-0.2, 0) is 4.79 Å². The lowest BCUT2D eigenvalue weighted by Crippen LogP contribution is -2.30. The van der Waals surface area contributed by atoms with Crippen LogP contribution >= 0.6 is 11.3 Å². The molecule has 0 amide bonds. The zero-order chi connectivity index (χ0) is 16.1. The summed E-state index contributed by atoms with van der Waals surface area (Å²) in [6, 6.07) is 6.83. The number of aliphatic carboxylic acids is 1. The number of carbonyl (C=O) groups is 1. The van der Waals surface area contributed by atoms with Crippen molar-refractivity contribution >= 4 is 22.4 Å². The topological polar surface area (TPSA) is 84.3 Å². The van der Waals surface area contributed by atoms with Crippen molar-refractivity contribution in [2.75, 3.05) is 12.4 Å². The Morgan fingerprint density at radius 3 is 2.55 bits per heavy atom. The number of rotatable bonds is 7. The average Bonchev–Trinajstić information content (AvgIpc) is 2.94. The Hall–Kier alpha value is -2.15. The standard InChI is InChI=1S/C15H19N3O3S/c1-9(2)8-12(14(19)20)16-15-18-17-13(22-15)10-4-6-11(21-3)7-5-10/h4-7,9,12H,8H2,1-3H3,(H,16,18)(H,19,20)/t12-/m1/s1. The minimum Gasteiger partial charge on any atom is -0.497 e. The molecule has 1 aromatic heterocycles. The van der Waals surface area contributed by atoms with Crippen LogP contribution in [0.4, 0.5) is 5.13 Å². The van der Waals surface area contributed by atoms with E-state index in [1.165, 1.54) is 11.3 Å². The van der Waals surface area contributed by atoms with Crippen LogP contribution in [0.25, 0.3) is 10.6 Å². The van der Waals surface area contributed by atoms with E-state index < -0.39 is 12.0 Å². The number of anilines is 1. The van der Waals surface area contributed by atoms with Gasteiger partial charge in [0.25, 0.3) is 0 Å². The molecule has 1 atom stereocenters. The summed E-state index contributed by atoms with van der Waals surface area (Å²) in [7, 11) is 1.61. The molecule has 0 aliphatic carbocycles. The van der Waals surface area contributed by atoms with Gasteiger partial charge in [0, 0.05) is 5.56 Å². The monoisotopic (exact) mass is 321 g/mol. The van der Waals surface area contributed by atoms with Crippen molar-refractivity contribution in [1.82, 2.24) is 10.2 Å². The van der Waals surface area contributed by atoms with Gasteiger partial charge in [-0.1, -0.05) is 25.2 Å². The molecule has 0 fully saturated rings. The Labute approximate surface area is 133 Å². The summed E-state index contributed by atoms with van der Waals surface area (Å²) in [5, 5.41) is 21.6. The number of aromatic nitrogens is 2. The summed E-state index contributed by atoms with van der Waals surface area (Å²) in [5.41, 5.74) is 0.919. The first-order chi connectivity index (χ1) is 10.5. The van der Waals surface area contributed by atoms with Crippen molar-refractivity contribution in [3.63, 3.8) is 0 Å². The van der Waals surface area contributed by atoms with Crippen molar-refractivity contribution in [2.45, 2.75) is 26.3 Å². The molecule has 0 aliphatic rings. The molecule has 1 aromatic carbocycles. The molecule has 2 N–H and O–H groups in total. The van der Waals surface area contributed by atoms with Crippen molar-refractivity contribution < 1.29 is 14.6 Å². The van der Waals surface area contributed by atoms with Gasteiger partial charge >= 0.3 is 5.97 Å². The minimum atomic E-state index is -0.880. The molecule has 6 nitrogen and oxygen atoms in total. The van der Waals surface area contributed by atoms with Crippen LogP contribution < -0.4 is 10.1 Å². The lowest BCUT2D eigenvalue weighted by Gasteiger charge is -2.14. The fourth-order valence-corrected chi connectivity index (χ4v) is 2.78. The third-order valence-corrected chi connectivity index (χ3v) is 3.97. The SMILES string of the molecule is COc1ccc(-c2nnc(N[C@H](CC(C)C)C(=O)O)s2)cc1. The predicted octanol–water partition coefficient (Wildman–Crippen LogP) is 3.12. The van der Waals surface area contributed by atoms with Crippen LogP contribution in [-0.4, -0.2) is 34.4 Å². The Morgan fingerprint density at radius 1 is 1.32 bits per heavy atom. The molecule has 0 spiro atoms. The van der Waals surface area contributed by atoms with Crippen LogP contribution in [0.1, 0.15) is 20.3 Å². The van der Waals surface area contributed by atoms with Crippen LogP contribution in [0.15, 0.2) is 24.3 Å². The van der Waals surface area contributed by atoms with E-state index in [1.54, 1.807) is 7.11 Å². The first-order valence-electron chi connectivity index (χ1n) is 6.97. The van der Waals surface area contributed by atoms with Crippen LogP contribution in [0.5, 0.6) is 5.75 Å². The number of methoxy groups -OCH3 is 1. The average molecular weight is 321 g/mol. The molecule has 0 bridgehead atoms. The van der Waals surface area contributed by atoms with E-state index in [-0.39, 0.29) is 5.92 Å². The number of nitrogens with zero attached hydrogens (tertiary/aromatic N) is 2. The number of carboxylic acids is 1. The maximum Gasteiger partial charge on any atom is 0.326 e. The van der Waals surface area contributed by atoms with E-state index >= 15 is 0 Å². The van der Waals surface area contributed by atoms with Crippen molar-refractivity contribution in [2.24, 2.45) is 5.92 Å². The van der Waals surface area contributed by atoms with Gasteiger partial charge in [0.05, 0.1) is 7.11 Å². The third-order valence-electron chi connectivity index (χ3n) is 3.06. The second-order valence-corrected chi connectivity index (χ2v) is 6.28. The van der Waals surface area contributed by atoms with Gasteiger partial charge in [0.15, 0.2) is 0 Å². The highest BCUT2D eigenvalue weighted by molar-refractivity contribution is 7.18. The summed E-state index contributed by atoms with van der Waals surface area (Å²) >= 11 is 1.33. The van der Waals surface area contributed by atoms with E-state index in [0.717, 1.165) is 16.3 Å². The Balaban J connectivity index is 2.11. The summed E-state index contributed by atoms with van der Waals surface area (Å²) in [5.74, 6) is 0.173. The molecular formula is C15H19N3O3S. The van der Waals surface area contributed by atoms with E-state index in [1.807, 2.05) is 38.1 Å². The fourth-order valence-electron chi connectivity index (χ4n) is 1.97. The van der Waals surface area contributed by atoms with Gasteiger partial charge in [0.2, 0.25) is 5.13 Å². The molecule has 2 rings (SSSR count). The third kappa shape index (κ3) is 4.17. The molecule has 7 heteroatoms. The van der Waals surface area contributed by atoms with Crippen molar-refractivity contribution in [3.05, 3.63) is 24.3 Å². The van der Waals surface area contributed by atoms with Gasteiger partial charge in [-0.15, -0.1) is 10.2 Å². The van der Waals surface area contributed by atoms with Crippen LogP contribution in [0.2, 0.25) is 0 Å². The summed E-state index contributed by atoms with van der Waals surface area (Å²) in [6.45, 7) is 3.97. The van der Waals surface area contributed by atoms with E-state index in [4.69, 9.17) is 4.74 Å². The Morgan fingerprint density at radius 2 is 2.00 bits per heavy atom. The first-order valence-corrected chi connectivity index (χ1v) is 7.78. The summed E-state index contributed by atoms with van der Waals surface area (Å²) < 4.78 is 5.12. The van der Waals surface area contributed by atoms with E-state index in [0.29, 0.717) is 11.6 Å². The molecule has 1 heterocycles. The maximum atomic E-state index is 11.3. The van der Waals surface area contributed by atoms with E-state index in [9.17, 15) is 9.90 Å². The minimum absolute atomic E-state index is 0.280. The smallest absolute Gasteiger partial charge is 0.326 e.